The van der Waals surface area contributed by atoms with E-state index in [-0.39, 0.29) is 5.92 Å². The predicted octanol–water partition coefficient (Wildman–Crippen LogP) is -0.679. The van der Waals surface area contributed by atoms with Crippen LogP contribution in [0.25, 0.3) is 0 Å². The molecule has 0 aromatic heterocycles. The van der Waals surface area contributed by atoms with E-state index in [1.54, 1.807) is 13.8 Å². The van der Waals surface area contributed by atoms with Crippen molar-refractivity contribution in [1.82, 2.24) is 0 Å². The summed E-state index contributed by atoms with van der Waals surface area (Å²) in [5.41, 5.74) is 0. The molecule has 0 aliphatic heterocycles. The minimum absolute atomic E-state index is 0.148. The molecule has 0 heterocycles. The quantitative estimate of drug-likeness (QED) is 0.432. The van der Waals surface area contributed by atoms with Crippen molar-refractivity contribution in [2.24, 2.45) is 5.92 Å². The molecule has 0 fully saturated rings. The number of aliphatic hydroxyl groups excluding tert-OH is 1. The van der Waals surface area contributed by atoms with Gasteiger partial charge in [-0.05, 0) is 12.2 Å². The molecule has 0 aromatic rings. The van der Waals surface area contributed by atoms with E-state index in [4.69, 9.17) is 5.11 Å². The first-order chi connectivity index (χ1) is 2.64. The second-order valence-corrected chi connectivity index (χ2v) is 1.63. The van der Waals surface area contributed by atoms with Gasteiger partial charge in [0.25, 0.3) is 0 Å². The van der Waals surface area contributed by atoms with Crippen LogP contribution in [0.5, 0.6) is 0 Å². The number of rotatable bonds is 1. The molecule has 1 atom stereocenters. The highest BCUT2D eigenvalue weighted by atomic mass is 16.5. The van der Waals surface area contributed by atoms with Crippen LogP contribution in [-0.4, -0.2) is 11.4 Å². The maximum absolute atomic E-state index is 9.78. The standard InChI is InChI=1S/C4H9O2/c1-3(2)4(5)6/h3-5H,1-2H3/q-1. The Morgan fingerprint density at radius 2 is 1.67 bits per heavy atom. The lowest BCUT2D eigenvalue weighted by atomic mass is 10.2. The highest BCUT2D eigenvalue weighted by Crippen LogP contribution is 1.90. The van der Waals surface area contributed by atoms with Gasteiger partial charge in [0, 0.05) is 0 Å². The van der Waals surface area contributed by atoms with Crippen molar-refractivity contribution in [2.75, 3.05) is 0 Å². The van der Waals surface area contributed by atoms with Gasteiger partial charge in [-0.2, -0.15) is 0 Å². The molecular formula is C4H9O2-. The molecule has 0 spiro atoms. The number of hydrogen-bond donors (Lipinski definition) is 1. The van der Waals surface area contributed by atoms with Crippen LogP contribution in [0.2, 0.25) is 0 Å². The van der Waals surface area contributed by atoms with Crippen molar-refractivity contribution >= 4 is 0 Å². The molecule has 2 heteroatoms. The average molecular weight is 89.1 g/mol. The van der Waals surface area contributed by atoms with Crippen LogP contribution in [0.15, 0.2) is 0 Å². The SMILES string of the molecule is CC(C)C([O-])O. The summed E-state index contributed by atoms with van der Waals surface area (Å²) in [5, 5.41) is 17.9. The van der Waals surface area contributed by atoms with Crippen molar-refractivity contribution in [1.29, 1.82) is 0 Å². The molecule has 0 aromatic carbocycles. The zero-order valence-electron chi connectivity index (χ0n) is 4.01. The first-order valence-corrected chi connectivity index (χ1v) is 1.98. The molecule has 0 aliphatic carbocycles. The fourth-order valence-electron chi connectivity index (χ4n) is 0. The smallest absolute Gasteiger partial charge is 0.0201 e. The Bertz CT molecular complexity index is 26.5. The van der Waals surface area contributed by atoms with E-state index in [0.29, 0.717) is 0 Å². The van der Waals surface area contributed by atoms with Crippen molar-refractivity contribution < 1.29 is 10.2 Å². The predicted molar refractivity (Wildman–Crippen MR) is 20.8 cm³/mol. The summed E-state index contributed by atoms with van der Waals surface area (Å²) < 4.78 is 0. The van der Waals surface area contributed by atoms with Crippen LogP contribution < -0.4 is 5.11 Å². The van der Waals surface area contributed by atoms with Gasteiger partial charge in [0.05, 0.1) is 0 Å². The first-order valence-electron chi connectivity index (χ1n) is 1.98. The van der Waals surface area contributed by atoms with Gasteiger partial charge in [-0.1, -0.05) is 13.8 Å². The van der Waals surface area contributed by atoms with E-state index in [1.165, 1.54) is 0 Å². The van der Waals surface area contributed by atoms with E-state index < -0.39 is 6.29 Å². The molecule has 0 radical (unpaired) electrons. The summed E-state index contributed by atoms with van der Waals surface area (Å²) in [6.45, 7) is 3.36. The maximum atomic E-state index is 9.78. The third-order valence-electron chi connectivity index (χ3n) is 0.570. The zero-order valence-corrected chi connectivity index (χ0v) is 4.01. The fraction of sp³-hybridized carbons (Fsp3) is 1.00. The molecule has 2 nitrogen and oxygen atoms in total. The molecule has 0 aliphatic rings. The molecule has 0 rings (SSSR count). The lowest BCUT2D eigenvalue weighted by Crippen LogP contribution is -2.29. The largest absolute Gasteiger partial charge is 0.831 e. The second kappa shape index (κ2) is 2.16. The summed E-state index contributed by atoms with van der Waals surface area (Å²) in [5.74, 6) is -0.148. The number of hydrogen-bond acceptors (Lipinski definition) is 2. The molecule has 1 unspecified atom stereocenters. The van der Waals surface area contributed by atoms with Gasteiger partial charge in [0.2, 0.25) is 0 Å². The van der Waals surface area contributed by atoms with E-state index >= 15 is 0 Å². The Morgan fingerprint density at radius 3 is 1.67 bits per heavy atom. The van der Waals surface area contributed by atoms with Crippen LogP contribution in [0.4, 0.5) is 0 Å². The summed E-state index contributed by atoms with van der Waals surface area (Å²) in [6, 6.07) is 0. The molecule has 6 heavy (non-hydrogen) atoms. The third kappa shape index (κ3) is 2.18. The topological polar surface area (TPSA) is 43.3 Å². The first kappa shape index (κ1) is 5.92. The molecule has 1 N–H and O–H groups in total. The Labute approximate surface area is 37.4 Å². The minimum atomic E-state index is -1.40. The van der Waals surface area contributed by atoms with Gasteiger partial charge in [-0.25, -0.2) is 0 Å². The minimum Gasteiger partial charge on any atom is -0.831 e. The third-order valence-corrected chi connectivity index (χ3v) is 0.570. The van der Waals surface area contributed by atoms with Crippen molar-refractivity contribution in [3.05, 3.63) is 0 Å². The van der Waals surface area contributed by atoms with E-state index in [9.17, 15) is 5.11 Å². The molecule has 0 saturated carbocycles. The van der Waals surface area contributed by atoms with Gasteiger partial charge in [0.1, 0.15) is 0 Å². The molecule has 38 valence electrons. The molecular weight excluding hydrogens is 80.0 g/mol. The van der Waals surface area contributed by atoms with Crippen LogP contribution in [-0.2, 0) is 0 Å². The molecule has 0 amide bonds. The van der Waals surface area contributed by atoms with Gasteiger partial charge in [-0.3, -0.25) is 0 Å². The van der Waals surface area contributed by atoms with Gasteiger partial charge in [0.15, 0.2) is 0 Å². The molecule has 0 bridgehead atoms. The van der Waals surface area contributed by atoms with Crippen LogP contribution in [0.3, 0.4) is 0 Å². The monoisotopic (exact) mass is 89.1 g/mol. The summed E-state index contributed by atoms with van der Waals surface area (Å²) in [4.78, 5) is 0. The van der Waals surface area contributed by atoms with Crippen molar-refractivity contribution in [2.45, 2.75) is 20.1 Å². The summed E-state index contributed by atoms with van der Waals surface area (Å²) in [6.07, 6.45) is -1.40. The highest BCUT2D eigenvalue weighted by Gasteiger charge is 1.89. The fourth-order valence-corrected chi connectivity index (χ4v) is 0. The van der Waals surface area contributed by atoms with Gasteiger partial charge < -0.3 is 10.2 Å². The van der Waals surface area contributed by atoms with E-state index in [2.05, 4.69) is 0 Å². The van der Waals surface area contributed by atoms with Crippen molar-refractivity contribution in [3.8, 4) is 0 Å². The summed E-state index contributed by atoms with van der Waals surface area (Å²) >= 11 is 0. The number of aliphatic hydroxyl groups is 1. The second-order valence-electron chi connectivity index (χ2n) is 1.63. The van der Waals surface area contributed by atoms with E-state index in [0.717, 1.165) is 0 Å². The Hall–Kier alpha value is -0.0800. The normalized spacial score (nSPS) is 15.5. The maximum Gasteiger partial charge on any atom is -0.0201 e. The Morgan fingerprint density at radius 1 is 1.50 bits per heavy atom. The van der Waals surface area contributed by atoms with Crippen molar-refractivity contribution in [3.63, 3.8) is 0 Å². The summed E-state index contributed by atoms with van der Waals surface area (Å²) in [7, 11) is 0. The average Bonchev–Trinajstić information content (AvgIpc) is 1.36. The zero-order chi connectivity index (χ0) is 5.15. The van der Waals surface area contributed by atoms with E-state index in [1.807, 2.05) is 0 Å². The van der Waals surface area contributed by atoms with Gasteiger partial charge in [-0.15, -0.1) is 0 Å². The lowest BCUT2D eigenvalue weighted by molar-refractivity contribution is -0.493. The van der Waals surface area contributed by atoms with Crippen LogP contribution >= 0.6 is 0 Å². The van der Waals surface area contributed by atoms with Gasteiger partial charge >= 0.3 is 0 Å². The Kier molecular flexibility index (Phi) is 2.13. The lowest BCUT2D eigenvalue weighted by Gasteiger charge is -2.17. The van der Waals surface area contributed by atoms with Crippen LogP contribution in [0, 0.1) is 5.92 Å². The van der Waals surface area contributed by atoms with Crippen LogP contribution in [0.1, 0.15) is 13.8 Å². The Balaban J connectivity index is 2.99. The molecule has 0 saturated heterocycles. The highest BCUT2D eigenvalue weighted by molar-refractivity contribution is 4.38.